The van der Waals surface area contributed by atoms with Crippen molar-refractivity contribution in [2.24, 2.45) is 0 Å². The third-order valence-electron chi connectivity index (χ3n) is 7.70. The molecule has 206 valence electrons. The van der Waals surface area contributed by atoms with Gasteiger partial charge in [0.25, 0.3) is 10.0 Å². The molecule has 5 nitrogen and oxygen atoms in total. The number of anilines is 1. The van der Waals surface area contributed by atoms with E-state index in [0.717, 1.165) is 41.7 Å². The van der Waals surface area contributed by atoms with Crippen LogP contribution in [0.4, 0.5) is 18.9 Å². The molecule has 0 saturated heterocycles. The first-order valence-electron chi connectivity index (χ1n) is 12.9. The molecule has 0 amide bonds. The molecule has 1 unspecified atom stereocenters. The van der Waals surface area contributed by atoms with Gasteiger partial charge in [0.2, 0.25) is 0 Å². The van der Waals surface area contributed by atoms with Crippen molar-refractivity contribution in [2.45, 2.75) is 62.4 Å². The second kappa shape index (κ2) is 9.70. The van der Waals surface area contributed by atoms with Gasteiger partial charge in [-0.2, -0.15) is 13.2 Å². The van der Waals surface area contributed by atoms with Gasteiger partial charge in [0.15, 0.2) is 0 Å². The Kier molecular flexibility index (Phi) is 6.77. The van der Waals surface area contributed by atoms with Gasteiger partial charge in [-0.05, 0) is 89.9 Å². The summed E-state index contributed by atoms with van der Waals surface area (Å²) in [6.07, 6.45) is -2.64. The molecule has 0 aromatic heterocycles. The van der Waals surface area contributed by atoms with E-state index in [2.05, 4.69) is 0 Å². The fourth-order valence-electron chi connectivity index (χ4n) is 5.66. The van der Waals surface area contributed by atoms with Crippen LogP contribution < -0.4 is 4.31 Å². The molecule has 1 aliphatic heterocycles. The Morgan fingerprint density at radius 1 is 1.03 bits per heavy atom. The molecule has 0 N–H and O–H groups in total. The predicted molar refractivity (Wildman–Crippen MR) is 143 cm³/mol. The SMILES string of the molecule is CCOC(=O)CC1CCc2ccc(S(=O)(=O)N3CC(C)(C)c4cc(-c5ccc(C(F)(F)F)cc5)ccc43)cc21. The number of ether oxygens (including phenoxy) is 1. The summed E-state index contributed by atoms with van der Waals surface area (Å²) in [5, 5.41) is 0. The second-order valence-corrected chi connectivity index (χ2v) is 12.7. The number of nitrogens with zero attached hydrogens (tertiary/aromatic N) is 1. The molecular weight excluding hydrogens is 527 g/mol. The monoisotopic (exact) mass is 557 g/mol. The van der Waals surface area contributed by atoms with Crippen molar-refractivity contribution in [2.75, 3.05) is 17.5 Å². The number of fused-ring (bicyclic) bond motifs is 2. The van der Waals surface area contributed by atoms with E-state index in [0.29, 0.717) is 23.4 Å². The predicted octanol–water partition coefficient (Wildman–Crippen LogP) is 6.84. The highest BCUT2D eigenvalue weighted by atomic mass is 32.2. The lowest BCUT2D eigenvalue weighted by atomic mass is 9.85. The fourth-order valence-corrected chi connectivity index (χ4v) is 7.34. The molecule has 1 heterocycles. The van der Waals surface area contributed by atoms with E-state index in [-0.39, 0.29) is 29.7 Å². The molecule has 0 saturated carbocycles. The van der Waals surface area contributed by atoms with Crippen LogP contribution in [0.1, 0.15) is 61.8 Å². The quantitative estimate of drug-likeness (QED) is 0.311. The minimum atomic E-state index is -4.41. The lowest BCUT2D eigenvalue weighted by Crippen LogP contribution is -2.34. The van der Waals surface area contributed by atoms with Gasteiger partial charge in [-0.25, -0.2) is 8.42 Å². The molecule has 3 aromatic carbocycles. The maximum Gasteiger partial charge on any atom is 0.416 e. The number of halogens is 3. The van der Waals surface area contributed by atoms with Gasteiger partial charge in [0.1, 0.15) is 0 Å². The highest BCUT2D eigenvalue weighted by Crippen LogP contribution is 2.46. The third-order valence-corrected chi connectivity index (χ3v) is 9.46. The third kappa shape index (κ3) is 5.04. The molecule has 1 aliphatic carbocycles. The van der Waals surface area contributed by atoms with Gasteiger partial charge >= 0.3 is 12.1 Å². The number of hydrogen-bond acceptors (Lipinski definition) is 4. The minimum Gasteiger partial charge on any atom is -0.466 e. The second-order valence-electron chi connectivity index (χ2n) is 10.8. The van der Waals surface area contributed by atoms with Crippen molar-refractivity contribution in [1.29, 1.82) is 0 Å². The van der Waals surface area contributed by atoms with Gasteiger partial charge in [-0.3, -0.25) is 9.10 Å². The number of sulfonamides is 1. The molecule has 2 aliphatic rings. The van der Waals surface area contributed by atoms with E-state index >= 15 is 0 Å². The van der Waals surface area contributed by atoms with E-state index in [4.69, 9.17) is 4.74 Å². The van der Waals surface area contributed by atoms with E-state index in [1.165, 1.54) is 16.4 Å². The van der Waals surface area contributed by atoms with E-state index in [1.807, 2.05) is 26.0 Å². The van der Waals surface area contributed by atoms with E-state index in [1.54, 1.807) is 31.2 Å². The zero-order chi connectivity index (χ0) is 28.2. The summed E-state index contributed by atoms with van der Waals surface area (Å²) in [7, 11) is -3.91. The van der Waals surface area contributed by atoms with Crippen molar-refractivity contribution in [1.82, 2.24) is 0 Å². The Morgan fingerprint density at radius 2 is 1.72 bits per heavy atom. The number of carbonyl (C=O) groups is 1. The average Bonchev–Trinajstić information content (AvgIpc) is 3.41. The molecule has 9 heteroatoms. The lowest BCUT2D eigenvalue weighted by Gasteiger charge is -2.23. The number of carbonyl (C=O) groups excluding carboxylic acids is 1. The number of benzene rings is 3. The Balaban J connectivity index is 1.47. The summed E-state index contributed by atoms with van der Waals surface area (Å²) in [6.45, 7) is 6.20. The summed E-state index contributed by atoms with van der Waals surface area (Å²) in [4.78, 5) is 12.3. The Bertz CT molecular complexity index is 1530. The summed E-state index contributed by atoms with van der Waals surface area (Å²) in [5.74, 6) is -0.370. The van der Waals surface area contributed by atoms with Crippen LogP contribution in [-0.4, -0.2) is 27.5 Å². The lowest BCUT2D eigenvalue weighted by molar-refractivity contribution is -0.143. The number of aryl methyl sites for hydroxylation is 1. The largest absolute Gasteiger partial charge is 0.466 e. The molecule has 0 radical (unpaired) electrons. The summed E-state index contributed by atoms with van der Waals surface area (Å²) in [5.41, 5.74) is 3.39. The molecule has 0 fully saturated rings. The van der Waals surface area contributed by atoms with Gasteiger partial charge in [0, 0.05) is 12.0 Å². The average molecular weight is 558 g/mol. The van der Waals surface area contributed by atoms with Gasteiger partial charge in [0.05, 0.1) is 29.2 Å². The maximum absolute atomic E-state index is 13.9. The molecule has 1 atom stereocenters. The topological polar surface area (TPSA) is 63.7 Å². The first-order chi connectivity index (χ1) is 18.3. The van der Waals surface area contributed by atoms with E-state index < -0.39 is 27.2 Å². The number of rotatable bonds is 6. The zero-order valence-electron chi connectivity index (χ0n) is 22.0. The zero-order valence-corrected chi connectivity index (χ0v) is 22.8. The van der Waals surface area contributed by atoms with Gasteiger partial charge < -0.3 is 4.74 Å². The molecular formula is C30H30F3NO4S. The fraction of sp³-hybridized carbons (Fsp3) is 0.367. The van der Waals surface area contributed by atoms with Crippen molar-refractivity contribution in [3.05, 3.63) is 82.9 Å². The molecule has 0 spiro atoms. The first kappa shape index (κ1) is 27.2. The van der Waals surface area contributed by atoms with Crippen LogP contribution in [0.5, 0.6) is 0 Å². The normalized spacial score (nSPS) is 18.1. The Morgan fingerprint density at radius 3 is 2.38 bits per heavy atom. The molecule has 5 rings (SSSR count). The molecule has 0 bridgehead atoms. The summed E-state index contributed by atoms with van der Waals surface area (Å²) >= 11 is 0. The highest BCUT2D eigenvalue weighted by Gasteiger charge is 2.42. The smallest absolute Gasteiger partial charge is 0.416 e. The van der Waals surface area contributed by atoms with Crippen LogP contribution in [-0.2, 0) is 37.6 Å². The first-order valence-corrected chi connectivity index (χ1v) is 14.4. The number of alkyl halides is 3. The van der Waals surface area contributed by atoms with Crippen molar-refractivity contribution >= 4 is 21.7 Å². The van der Waals surface area contributed by atoms with Crippen molar-refractivity contribution in [3.63, 3.8) is 0 Å². The Labute approximate surface area is 226 Å². The maximum atomic E-state index is 13.9. The highest BCUT2D eigenvalue weighted by molar-refractivity contribution is 7.92. The minimum absolute atomic E-state index is 0.0807. The van der Waals surface area contributed by atoms with Gasteiger partial charge in [-0.1, -0.05) is 38.1 Å². The molecule has 39 heavy (non-hydrogen) atoms. The van der Waals surface area contributed by atoms with Crippen molar-refractivity contribution in [3.8, 4) is 11.1 Å². The summed E-state index contributed by atoms with van der Waals surface area (Å²) < 4.78 is 73.4. The van der Waals surface area contributed by atoms with Crippen LogP contribution in [0.3, 0.4) is 0 Å². The number of esters is 1. The Hall–Kier alpha value is -3.33. The van der Waals surface area contributed by atoms with Crippen LogP contribution in [0.2, 0.25) is 0 Å². The number of hydrogen-bond donors (Lipinski definition) is 0. The van der Waals surface area contributed by atoms with Crippen LogP contribution in [0.25, 0.3) is 11.1 Å². The van der Waals surface area contributed by atoms with Crippen molar-refractivity contribution < 1.29 is 31.1 Å². The van der Waals surface area contributed by atoms with Crippen LogP contribution >= 0.6 is 0 Å². The van der Waals surface area contributed by atoms with Crippen LogP contribution in [0, 0.1) is 0 Å². The molecule has 3 aromatic rings. The van der Waals surface area contributed by atoms with Gasteiger partial charge in [-0.15, -0.1) is 0 Å². The summed E-state index contributed by atoms with van der Waals surface area (Å²) in [6, 6.07) is 15.5. The van der Waals surface area contributed by atoms with Crippen LogP contribution in [0.15, 0.2) is 65.6 Å². The van der Waals surface area contributed by atoms with E-state index in [9.17, 15) is 26.4 Å². The standard InChI is InChI=1S/C30H30F3NO4S/c1-4-38-28(35)16-22-6-5-20-9-13-24(17-25(20)22)39(36,37)34-18-29(2,3)26-15-21(10-14-27(26)34)19-7-11-23(12-8-19)30(31,32)33/h7-15,17,22H,4-6,16,18H2,1-3H3.